The molecule has 3 rings (SSSR count). The number of hydrogen-bond acceptors (Lipinski definition) is 4. The fourth-order valence-corrected chi connectivity index (χ4v) is 3.60. The SMILES string of the molecule is C[C@@H](NC(=O)CSCCN1C(=O)c2ccccc2C1=O)c1ccccc1. The van der Waals surface area contributed by atoms with Gasteiger partial charge in [0.25, 0.3) is 11.8 Å². The standard InChI is InChI=1S/C20H20N2O3S/c1-14(15-7-3-2-4-8-15)21-18(23)13-26-12-11-22-19(24)16-9-5-6-10-17(16)20(22)25/h2-10,14H,11-13H2,1H3,(H,21,23)/t14-/m1/s1. The Morgan fingerprint density at radius 3 is 2.19 bits per heavy atom. The zero-order valence-corrected chi connectivity index (χ0v) is 15.3. The van der Waals surface area contributed by atoms with E-state index < -0.39 is 0 Å². The van der Waals surface area contributed by atoms with Gasteiger partial charge in [0.1, 0.15) is 0 Å². The van der Waals surface area contributed by atoms with Gasteiger partial charge in [-0.05, 0) is 24.6 Å². The second-order valence-electron chi connectivity index (χ2n) is 6.06. The van der Waals surface area contributed by atoms with E-state index in [1.54, 1.807) is 24.3 Å². The number of nitrogens with one attached hydrogen (secondary N) is 1. The molecular weight excluding hydrogens is 348 g/mol. The predicted octanol–water partition coefficient (Wildman–Crippen LogP) is 2.89. The van der Waals surface area contributed by atoms with Gasteiger partial charge in [-0.25, -0.2) is 0 Å². The van der Waals surface area contributed by atoms with E-state index in [1.165, 1.54) is 16.7 Å². The smallest absolute Gasteiger partial charge is 0.261 e. The van der Waals surface area contributed by atoms with Crippen LogP contribution in [0.5, 0.6) is 0 Å². The third-order valence-corrected chi connectivity index (χ3v) is 5.19. The molecule has 1 atom stereocenters. The minimum atomic E-state index is -0.256. The summed E-state index contributed by atoms with van der Waals surface area (Å²) in [5, 5.41) is 2.95. The third-order valence-electron chi connectivity index (χ3n) is 4.25. The third kappa shape index (κ3) is 3.96. The van der Waals surface area contributed by atoms with Crippen LogP contribution < -0.4 is 5.32 Å². The van der Waals surface area contributed by atoms with E-state index in [0.29, 0.717) is 29.2 Å². The molecule has 3 amide bonds. The van der Waals surface area contributed by atoms with Crippen molar-refractivity contribution in [3.63, 3.8) is 0 Å². The van der Waals surface area contributed by atoms with Crippen molar-refractivity contribution in [2.45, 2.75) is 13.0 Å². The molecular formula is C20H20N2O3S. The van der Waals surface area contributed by atoms with Crippen LogP contribution in [0.4, 0.5) is 0 Å². The van der Waals surface area contributed by atoms with Crippen LogP contribution >= 0.6 is 11.8 Å². The van der Waals surface area contributed by atoms with Gasteiger partial charge in [0.2, 0.25) is 5.91 Å². The van der Waals surface area contributed by atoms with Crippen molar-refractivity contribution in [2.75, 3.05) is 18.1 Å². The molecule has 0 unspecified atom stereocenters. The topological polar surface area (TPSA) is 66.5 Å². The van der Waals surface area contributed by atoms with Gasteiger partial charge in [-0.3, -0.25) is 19.3 Å². The summed E-state index contributed by atoms with van der Waals surface area (Å²) in [7, 11) is 0. The Hall–Kier alpha value is -2.60. The number of carbonyl (C=O) groups excluding carboxylic acids is 3. The largest absolute Gasteiger partial charge is 0.349 e. The van der Waals surface area contributed by atoms with Crippen LogP contribution in [-0.4, -0.2) is 40.7 Å². The molecule has 0 bridgehead atoms. The quantitative estimate of drug-likeness (QED) is 0.603. The van der Waals surface area contributed by atoms with Crippen LogP contribution in [0.15, 0.2) is 54.6 Å². The number of fused-ring (bicyclic) bond motifs is 1. The van der Waals surface area contributed by atoms with Gasteiger partial charge in [-0.15, -0.1) is 0 Å². The lowest BCUT2D eigenvalue weighted by Gasteiger charge is -2.15. The first-order chi connectivity index (χ1) is 12.6. The molecule has 6 heteroatoms. The van der Waals surface area contributed by atoms with E-state index >= 15 is 0 Å². The van der Waals surface area contributed by atoms with E-state index in [9.17, 15) is 14.4 Å². The molecule has 0 radical (unpaired) electrons. The van der Waals surface area contributed by atoms with Crippen molar-refractivity contribution in [3.8, 4) is 0 Å². The normalized spacial score (nSPS) is 14.3. The summed E-state index contributed by atoms with van der Waals surface area (Å²) in [6, 6.07) is 16.5. The fraction of sp³-hybridized carbons (Fsp3) is 0.250. The Kier molecular flexibility index (Phi) is 5.73. The van der Waals surface area contributed by atoms with Gasteiger partial charge in [-0.1, -0.05) is 42.5 Å². The lowest BCUT2D eigenvalue weighted by molar-refractivity contribution is -0.119. The van der Waals surface area contributed by atoms with Crippen LogP contribution in [0, 0.1) is 0 Å². The molecule has 2 aromatic carbocycles. The van der Waals surface area contributed by atoms with Gasteiger partial charge in [-0.2, -0.15) is 11.8 Å². The van der Waals surface area contributed by atoms with Crippen LogP contribution in [0.25, 0.3) is 0 Å². The highest BCUT2D eigenvalue weighted by molar-refractivity contribution is 7.99. The number of hydrogen-bond donors (Lipinski definition) is 1. The van der Waals surface area contributed by atoms with E-state index in [-0.39, 0.29) is 23.8 Å². The summed E-state index contributed by atoms with van der Waals surface area (Å²) in [5.74, 6) is 0.245. The summed E-state index contributed by atoms with van der Waals surface area (Å²) in [4.78, 5) is 37.8. The second kappa shape index (κ2) is 8.19. The molecule has 2 aromatic rings. The Bertz CT molecular complexity index is 788. The number of rotatable bonds is 7. The minimum absolute atomic E-state index is 0.0551. The summed E-state index contributed by atoms with van der Waals surface area (Å²) in [6.07, 6.45) is 0. The van der Waals surface area contributed by atoms with Crippen molar-refractivity contribution in [1.29, 1.82) is 0 Å². The molecule has 134 valence electrons. The monoisotopic (exact) mass is 368 g/mol. The highest BCUT2D eigenvalue weighted by Gasteiger charge is 2.34. The molecule has 0 saturated carbocycles. The molecule has 0 aromatic heterocycles. The summed E-state index contributed by atoms with van der Waals surface area (Å²) in [6.45, 7) is 2.25. The van der Waals surface area contributed by atoms with Gasteiger partial charge in [0.15, 0.2) is 0 Å². The van der Waals surface area contributed by atoms with E-state index in [2.05, 4.69) is 5.32 Å². The molecule has 0 aliphatic carbocycles. The molecule has 0 spiro atoms. The molecule has 0 fully saturated rings. The Labute approximate surface area is 156 Å². The number of nitrogens with zero attached hydrogens (tertiary/aromatic N) is 1. The number of imide groups is 1. The first-order valence-corrected chi connectivity index (χ1v) is 9.60. The minimum Gasteiger partial charge on any atom is -0.349 e. The van der Waals surface area contributed by atoms with Crippen molar-refractivity contribution >= 4 is 29.5 Å². The zero-order valence-electron chi connectivity index (χ0n) is 14.5. The Morgan fingerprint density at radius 2 is 1.58 bits per heavy atom. The lowest BCUT2D eigenvalue weighted by Crippen LogP contribution is -2.32. The van der Waals surface area contributed by atoms with Crippen molar-refractivity contribution in [2.24, 2.45) is 0 Å². The predicted molar refractivity (Wildman–Crippen MR) is 102 cm³/mol. The summed E-state index contributed by atoms with van der Waals surface area (Å²) in [5.41, 5.74) is 1.96. The number of benzene rings is 2. The highest BCUT2D eigenvalue weighted by atomic mass is 32.2. The van der Waals surface area contributed by atoms with Crippen LogP contribution in [0.2, 0.25) is 0 Å². The fourth-order valence-electron chi connectivity index (χ4n) is 2.87. The van der Waals surface area contributed by atoms with E-state index in [4.69, 9.17) is 0 Å². The Morgan fingerprint density at radius 1 is 1.00 bits per heavy atom. The van der Waals surface area contributed by atoms with E-state index in [1.807, 2.05) is 37.3 Å². The molecule has 1 aliphatic heterocycles. The van der Waals surface area contributed by atoms with Gasteiger partial charge in [0.05, 0.1) is 22.9 Å². The molecule has 1 heterocycles. The maximum Gasteiger partial charge on any atom is 0.261 e. The zero-order chi connectivity index (χ0) is 18.5. The van der Waals surface area contributed by atoms with Gasteiger partial charge in [0, 0.05) is 12.3 Å². The average molecular weight is 368 g/mol. The number of carbonyl (C=O) groups is 3. The molecule has 5 nitrogen and oxygen atoms in total. The molecule has 1 aliphatic rings. The average Bonchev–Trinajstić information content (AvgIpc) is 2.91. The summed E-state index contributed by atoms with van der Waals surface area (Å²) >= 11 is 1.41. The van der Waals surface area contributed by atoms with Crippen LogP contribution in [-0.2, 0) is 4.79 Å². The second-order valence-corrected chi connectivity index (χ2v) is 7.17. The highest BCUT2D eigenvalue weighted by Crippen LogP contribution is 2.22. The molecule has 1 N–H and O–H groups in total. The number of thioether (sulfide) groups is 1. The van der Waals surface area contributed by atoms with Crippen LogP contribution in [0.3, 0.4) is 0 Å². The maximum absolute atomic E-state index is 12.3. The van der Waals surface area contributed by atoms with Gasteiger partial charge >= 0.3 is 0 Å². The summed E-state index contributed by atoms with van der Waals surface area (Å²) < 4.78 is 0. The van der Waals surface area contributed by atoms with Gasteiger partial charge < -0.3 is 5.32 Å². The van der Waals surface area contributed by atoms with Crippen molar-refractivity contribution < 1.29 is 14.4 Å². The van der Waals surface area contributed by atoms with E-state index in [0.717, 1.165) is 5.56 Å². The van der Waals surface area contributed by atoms with Crippen molar-refractivity contribution in [3.05, 3.63) is 71.3 Å². The first-order valence-electron chi connectivity index (χ1n) is 8.45. The molecule has 0 saturated heterocycles. The maximum atomic E-state index is 12.3. The molecule has 26 heavy (non-hydrogen) atoms. The van der Waals surface area contributed by atoms with Crippen molar-refractivity contribution in [1.82, 2.24) is 10.2 Å². The first kappa shape index (κ1) is 18.2. The number of amides is 3. The Balaban J connectivity index is 1.43. The lowest BCUT2D eigenvalue weighted by atomic mass is 10.1. The van der Waals surface area contributed by atoms with Crippen LogP contribution in [0.1, 0.15) is 39.2 Å².